The predicted molar refractivity (Wildman–Crippen MR) is 68.8 cm³/mol. The summed E-state index contributed by atoms with van der Waals surface area (Å²) in [6.45, 7) is 0. The molecule has 0 aliphatic heterocycles. The van der Waals surface area contributed by atoms with Gasteiger partial charge in [-0.3, -0.25) is 9.78 Å². The summed E-state index contributed by atoms with van der Waals surface area (Å²) in [5.41, 5.74) is 1.25. The normalized spacial score (nSPS) is 15.2. The number of nitrogens with zero attached hydrogens (tertiary/aromatic N) is 1. The molecule has 1 aromatic carbocycles. The van der Waals surface area contributed by atoms with Crippen LogP contribution in [0.25, 0.3) is 10.9 Å². The van der Waals surface area contributed by atoms with Gasteiger partial charge in [0.25, 0.3) is 0 Å². The number of pyridine rings is 1. The molecule has 0 radical (unpaired) electrons. The molecule has 0 saturated heterocycles. The monoisotopic (exact) mass is 265 g/mol. The Kier molecular flexibility index (Phi) is 2.57. The maximum atomic E-state index is 12.0. The molecule has 2 nitrogen and oxygen atoms in total. The molecule has 1 aliphatic carbocycles. The van der Waals surface area contributed by atoms with Crippen molar-refractivity contribution in [3.8, 4) is 0 Å². The van der Waals surface area contributed by atoms with Gasteiger partial charge in [0.1, 0.15) is 0 Å². The van der Waals surface area contributed by atoms with Crippen LogP contribution in [0.5, 0.6) is 0 Å². The van der Waals surface area contributed by atoms with E-state index in [0.29, 0.717) is 15.6 Å². The van der Waals surface area contributed by atoms with Gasteiger partial charge in [0.2, 0.25) is 0 Å². The van der Waals surface area contributed by atoms with Crippen LogP contribution in [0.2, 0.25) is 10.0 Å². The number of hydrogen-bond acceptors (Lipinski definition) is 2. The fourth-order valence-corrected chi connectivity index (χ4v) is 2.34. The molecular weight excluding hydrogens is 257 g/mol. The van der Waals surface area contributed by atoms with Gasteiger partial charge in [0, 0.05) is 22.5 Å². The van der Waals surface area contributed by atoms with Crippen LogP contribution in [-0.2, 0) is 0 Å². The third-order valence-corrected chi connectivity index (χ3v) is 3.62. The van der Waals surface area contributed by atoms with Crippen molar-refractivity contribution in [3.05, 3.63) is 40.0 Å². The highest BCUT2D eigenvalue weighted by atomic mass is 35.5. The molecule has 0 unspecified atom stereocenters. The summed E-state index contributed by atoms with van der Waals surface area (Å²) >= 11 is 12.1. The van der Waals surface area contributed by atoms with E-state index in [1.807, 2.05) is 0 Å². The molecule has 0 atom stereocenters. The van der Waals surface area contributed by atoms with Crippen molar-refractivity contribution in [2.24, 2.45) is 5.92 Å². The molecule has 0 spiro atoms. The third-order valence-electron chi connectivity index (χ3n) is 2.98. The van der Waals surface area contributed by atoms with Crippen molar-refractivity contribution < 1.29 is 4.79 Å². The first-order valence-corrected chi connectivity index (χ1v) is 6.20. The molecular formula is C13H9Cl2NO. The Morgan fingerprint density at radius 1 is 1.29 bits per heavy atom. The topological polar surface area (TPSA) is 30.0 Å². The number of halogens is 2. The second kappa shape index (κ2) is 3.97. The Hall–Kier alpha value is -1.12. The lowest BCUT2D eigenvalue weighted by Crippen LogP contribution is -2.03. The highest BCUT2D eigenvalue weighted by Crippen LogP contribution is 2.36. The smallest absolute Gasteiger partial charge is 0.169 e. The van der Waals surface area contributed by atoms with Crippen molar-refractivity contribution in [1.29, 1.82) is 0 Å². The van der Waals surface area contributed by atoms with Crippen molar-refractivity contribution in [1.82, 2.24) is 4.98 Å². The molecule has 1 fully saturated rings. The third kappa shape index (κ3) is 1.92. The molecule has 3 rings (SSSR count). The number of ketones is 1. The molecule has 1 aromatic heterocycles. The van der Waals surface area contributed by atoms with Crippen molar-refractivity contribution in [3.63, 3.8) is 0 Å². The van der Waals surface area contributed by atoms with E-state index in [0.717, 1.165) is 23.7 Å². The zero-order valence-electron chi connectivity index (χ0n) is 8.91. The van der Waals surface area contributed by atoms with Crippen LogP contribution in [0, 0.1) is 5.92 Å². The summed E-state index contributed by atoms with van der Waals surface area (Å²) in [6.07, 6.45) is 3.49. The average Bonchev–Trinajstić information content (AvgIpc) is 3.12. The molecule has 86 valence electrons. The Bertz CT molecular complexity index is 620. The molecule has 0 bridgehead atoms. The minimum absolute atomic E-state index is 0.111. The van der Waals surface area contributed by atoms with Crippen LogP contribution in [0.3, 0.4) is 0 Å². The molecule has 1 heterocycles. The first-order valence-electron chi connectivity index (χ1n) is 5.45. The Balaban J connectivity index is 2.18. The second-order valence-corrected chi connectivity index (χ2v) is 5.10. The molecule has 1 saturated carbocycles. The van der Waals surface area contributed by atoms with E-state index >= 15 is 0 Å². The number of Topliss-reactive ketones (excluding diaryl/α,β-unsaturated/α-hetero) is 1. The van der Waals surface area contributed by atoms with Crippen LogP contribution >= 0.6 is 23.2 Å². The maximum absolute atomic E-state index is 12.0. The molecule has 0 amide bonds. The zero-order chi connectivity index (χ0) is 12.0. The lowest BCUT2D eigenvalue weighted by molar-refractivity contribution is 0.0967. The van der Waals surface area contributed by atoms with Gasteiger partial charge in [0.15, 0.2) is 5.78 Å². The van der Waals surface area contributed by atoms with E-state index < -0.39 is 0 Å². The number of carbonyl (C=O) groups is 1. The first-order chi connectivity index (χ1) is 8.16. The summed E-state index contributed by atoms with van der Waals surface area (Å²) < 4.78 is 0. The fraction of sp³-hybridized carbons (Fsp3) is 0.231. The van der Waals surface area contributed by atoms with Crippen LogP contribution in [0.4, 0.5) is 0 Å². The van der Waals surface area contributed by atoms with E-state index in [1.165, 1.54) is 0 Å². The van der Waals surface area contributed by atoms with Gasteiger partial charge in [-0.15, -0.1) is 0 Å². The number of carbonyl (C=O) groups excluding carboxylic acids is 1. The maximum Gasteiger partial charge on any atom is 0.169 e. The zero-order valence-corrected chi connectivity index (χ0v) is 10.4. The number of hydrogen-bond donors (Lipinski definition) is 0. The van der Waals surface area contributed by atoms with E-state index in [-0.39, 0.29) is 11.7 Å². The van der Waals surface area contributed by atoms with Crippen LogP contribution in [0.1, 0.15) is 23.2 Å². The number of rotatable bonds is 2. The van der Waals surface area contributed by atoms with Crippen molar-refractivity contribution >= 4 is 39.9 Å². The van der Waals surface area contributed by atoms with Crippen LogP contribution in [-0.4, -0.2) is 10.8 Å². The summed E-state index contributed by atoms with van der Waals surface area (Å²) in [5.74, 6) is 0.262. The largest absolute Gasteiger partial charge is 0.294 e. The Labute approximate surface area is 109 Å². The van der Waals surface area contributed by atoms with Gasteiger partial charge in [0.05, 0.1) is 16.1 Å². The molecule has 2 aromatic rings. The summed E-state index contributed by atoms with van der Waals surface area (Å²) in [6, 6.07) is 5.30. The Morgan fingerprint density at radius 2 is 2.06 bits per heavy atom. The minimum Gasteiger partial charge on any atom is -0.294 e. The van der Waals surface area contributed by atoms with Crippen LogP contribution in [0.15, 0.2) is 24.4 Å². The molecule has 17 heavy (non-hydrogen) atoms. The quantitative estimate of drug-likeness (QED) is 0.765. The van der Waals surface area contributed by atoms with E-state index in [1.54, 1.807) is 24.4 Å². The van der Waals surface area contributed by atoms with Gasteiger partial charge in [-0.05, 0) is 31.0 Å². The number of fused-ring (bicyclic) bond motifs is 1. The summed E-state index contributed by atoms with van der Waals surface area (Å²) in [4.78, 5) is 16.2. The van der Waals surface area contributed by atoms with E-state index in [9.17, 15) is 4.79 Å². The summed E-state index contributed by atoms with van der Waals surface area (Å²) in [5, 5.41) is 1.88. The van der Waals surface area contributed by atoms with Crippen molar-refractivity contribution in [2.75, 3.05) is 0 Å². The number of aromatic nitrogens is 1. The highest BCUT2D eigenvalue weighted by molar-refractivity contribution is 6.39. The first kappa shape index (κ1) is 11.0. The lowest BCUT2D eigenvalue weighted by atomic mass is 10.1. The molecule has 4 heteroatoms. The van der Waals surface area contributed by atoms with Gasteiger partial charge in [-0.25, -0.2) is 0 Å². The summed E-state index contributed by atoms with van der Waals surface area (Å²) in [7, 11) is 0. The molecule has 1 aliphatic rings. The lowest BCUT2D eigenvalue weighted by Gasteiger charge is -2.05. The minimum atomic E-state index is 0.111. The second-order valence-electron chi connectivity index (χ2n) is 4.29. The van der Waals surface area contributed by atoms with Gasteiger partial charge >= 0.3 is 0 Å². The van der Waals surface area contributed by atoms with Gasteiger partial charge in [-0.2, -0.15) is 0 Å². The average molecular weight is 266 g/mol. The SMILES string of the molecule is O=C(c1cnc2cc(Cl)ccc2c1Cl)C1CC1. The highest BCUT2D eigenvalue weighted by Gasteiger charge is 2.32. The van der Waals surface area contributed by atoms with Gasteiger partial charge < -0.3 is 0 Å². The predicted octanol–water partition coefficient (Wildman–Crippen LogP) is 4.13. The van der Waals surface area contributed by atoms with E-state index in [2.05, 4.69) is 4.98 Å². The van der Waals surface area contributed by atoms with Crippen molar-refractivity contribution in [2.45, 2.75) is 12.8 Å². The standard InChI is InChI=1S/C13H9Cl2NO/c14-8-3-4-9-11(5-8)16-6-10(12(9)15)13(17)7-1-2-7/h3-7H,1-2H2. The van der Waals surface area contributed by atoms with Crippen LogP contribution < -0.4 is 0 Å². The number of benzene rings is 1. The molecule has 0 N–H and O–H groups in total. The fourth-order valence-electron chi connectivity index (χ4n) is 1.87. The Morgan fingerprint density at radius 3 is 2.76 bits per heavy atom. The van der Waals surface area contributed by atoms with E-state index in [4.69, 9.17) is 23.2 Å². The van der Waals surface area contributed by atoms with Gasteiger partial charge in [-0.1, -0.05) is 23.2 Å².